The van der Waals surface area contributed by atoms with Crippen molar-refractivity contribution in [2.24, 2.45) is 11.8 Å². The van der Waals surface area contributed by atoms with Gasteiger partial charge in [0.1, 0.15) is 5.69 Å². The van der Waals surface area contributed by atoms with Crippen LogP contribution >= 0.6 is 0 Å². The smallest absolute Gasteiger partial charge is 0.475 e. The Balaban J connectivity index is 0.000000383. The number of fused-ring (bicyclic) bond motifs is 1. The van der Waals surface area contributed by atoms with Crippen molar-refractivity contribution in [2.75, 3.05) is 26.3 Å². The number of aromatic amines is 1. The van der Waals surface area contributed by atoms with Crippen LogP contribution in [-0.4, -0.2) is 75.6 Å². The van der Waals surface area contributed by atoms with Gasteiger partial charge in [-0.15, -0.1) is 0 Å². The Bertz CT molecular complexity index is 938. The first-order valence-corrected chi connectivity index (χ1v) is 10.4. The second kappa shape index (κ2) is 10.8. The molecular weight excluding hydrogens is 445 g/mol. The molecule has 0 aromatic carbocycles. The summed E-state index contributed by atoms with van der Waals surface area (Å²) in [7, 11) is 0. The second-order valence-electron chi connectivity index (χ2n) is 7.89. The molecule has 3 atom stereocenters. The van der Waals surface area contributed by atoms with E-state index in [1.54, 1.807) is 12.3 Å². The number of pyridine rings is 1. The monoisotopic (exact) mass is 470 g/mol. The zero-order chi connectivity index (χ0) is 24.0. The minimum absolute atomic E-state index is 0.000946. The van der Waals surface area contributed by atoms with Crippen LogP contribution in [0.15, 0.2) is 30.5 Å². The number of carbonyl (C=O) groups is 2. The highest BCUT2D eigenvalue weighted by Gasteiger charge is 2.45. The molecule has 0 radical (unpaired) electrons. The highest BCUT2D eigenvalue weighted by atomic mass is 19.4. The van der Waals surface area contributed by atoms with Crippen LogP contribution in [0, 0.1) is 18.8 Å². The zero-order valence-corrected chi connectivity index (χ0v) is 17.9. The standard InChI is InChI=1S/C19H24N4O3.C2HF3O2/c1-13-3-2-4-15(21-13)12-25-8-6-14-11-26-18-10-23(9-16(14)18)19(24)17-5-7-20-22-17;3-2(4,5)1(6)7/h2-5,7,14,16,18H,6,8-12H2,1H3,(H,20,22);(H,6,7)/t14-,16-,18-;/m0./s1. The summed E-state index contributed by atoms with van der Waals surface area (Å²) in [5.74, 6) is -1.93. The summed E-state index contributed by atoms with van der Waals surface area (Å²) in [6, 6.07) is 7.68. The number of nitrogens with one attached hydrogen (secondary N) is 1. The molecule has 9 nitrogen and oxygen atoms in total. The lowest BCUT2D eigenvalue weighted by Gasteiger charge is -2.19. The van der Waals surface area contributed by atoms with Crippen molar-refractivity contribution in [3.8, 4) is 0 Å². The van der Waals surface area contributed by atoms with Gasteiger partial charge in [-0.3, -0.25) is 14.9 Å². The number of carboxylic acids is 1. The molecule has 2 saturated heterocycles. The topological polar surface area (TPSA) is 118 Å². The molecule has 2 fully saturated rings. The fourth-order valence-electron chi connectivity index (χ4n) is 3.90. The first-order valence-electron chi connectivity index (χ1n) is 10.4. The van der Waals surface area contributed by atoms with Gasteiger partial charge in [-0.2, -0.15) is 18.3 Å². The molecule has 4 rings (SSSR count). The highest BCUT2D eigenvalue weighted by Crippen LogP contribution is 2.36. The predicted molar refractivity (Wildman–Crippen MR) is 108 cm³/mol. The maximum absolute atomic E-state index is 12.5. The van der Waals surface area contributed by atoms with E-state index in [0.717, 1.165) is 31.0 Å². The number of aryl methyl sites for hydroxylation is 1. The van der Waals surface area contributed by atoms with Crippen LogP contribution in [0.1, 0.15) is 28.3 Å². The Labute approximate surface area is 187 Å². The number of hydrogen-bond acceptors (Lipinski definition) is 6. The molecule has 2 aromatic rings. The molecule has 2 N–H and O–H groups in total. The number of carbonyl (C=O) groups excluding carboxylic acids is 1. The molecule has 2 aliphatic heterocycles. The lowest BCUT2D eigenvalue weighted by molar-refractivity contribution is -0.192. The highest BCUT2D eigenvalue weighted by molar-refractivity contribution is 5.92. The normalized spacial score (nSPS) is 21.9. The number of nitrogens with zero attached hydrogens (tertiary/aromatic N) is 3. The predicted octanol–water partition coefficient (Wildman–Crippen LogP) is 2.44. The number of alkyl halides is 3. The van der Waals surface area contributed by atoms with E-state index in [1.807, 2.05) is 30.0 Å². The molecule has 12 heteroatoms. The molecule has 4 heterocycles. The number of H-pyrrole nitrogens is 1. The Morgan fingerprint density at radius 1 is 1.30 bits per heavy atom. The van der Waals surface area contributed by atoms with Crippen molar-refractivity contribution >= 4 is 11.9 Å². The summed E-state index contributed by atoms with van der Waals surface area (Å²) in [5.41, 5.74) is 2.50. The van der Waals surface area contributed by atoms with E-state index in [2.05, 4.69) is 15.2 Å². The van der Waals surface area contributed by atoms with E-state index in [-0.39, 0.29) is 12.0 Å². The first-order chi connectivity index (χ1) is 15.6. The average Bonchev–Trinajstić information content (AvgIpc) is 3.49. The van der Waals surface area contributed by atoms with Crippen LogP contribution in [0.3, 0.4) is 0 Å². The second-order valence-corrected chi connectivity index (χ2v) is 7.89. The molecule has 0 aliphatic carbocycles. The van der Waals surface area contributed by atoms with Gasteiger partial charge in [-0.1, -0.05) is 6.07 Å². The summed E-state index contributed by atoms with van der Waals surface area (Å²) in [6.45, 7) is 5.36. The van der Waals surface area contributed by atoms with Crippen molar-refractivity contribution < 1.29 is 37.3 Å². The van der Waals surface area contributed by atoms with E-state index >= 15 is 0 Å². The van der Waals surface area contributed by atoms with Crippen LogP contribution < -0.4 is 0 Å². The Morgan fingerprint density at radius 3 is 2.70 bits per heavy atom. The average molecular weight is 470 g/mol. The molecule has 0 saturated carbocycles. The van der Waals surface area contributed by atoms with Crippen LogP contribution in [0.4, 0.5) is 13.2 Å². The number of rotatable bonds is 6. The van der Waals surface area contributed by atoms with Gasteiger partial charge in [0, 0.05) is 37.5 Å². The number of aliphatic carboxylic acids is 1. The molecule has 2 aromatic heterocycles. The van der Waals surface area contributed by atoms with Crippen molar-refractivity contribution in [3.63, 3.8) is 0 Å². The molecule has 1 amide bonds. The number of carboxylic acid groups (broad SMARTS) is 1. The van der Waals surface area contributed by atoms with Crippen LogP contribution in [0.25, 0.3) is 0 Å². The minimum Gasteiger partial charge on any atom is -0.475 e. The van der Waals surface area contributed by atoms with Gasteiger partial charge >= 0.3 is 12.1 Å². The summed E-state index contributed by atoms with van der Waals surface area (Å²) in [6.07, 6.45) is -2.39. The third-order valence-electron chi connectivity index (χ3n) is 5.53. The number of halogens is 3. The number of ether oxygens (including phenoxy) is 2. The van der Waals surface area contributed by atoms with Gasteiger partial charge in [-0.25, -0.2) is 4.79 Å². The Hall–Kier alpha value is -2.99. The molecule has 180 valence electrons. The summed E-state index contributed by atoms with van der Waals surface area (Å²) in [5, 5.41) is 13.7. The van der Waals surface area contributed by atoms with Crippen LogP contribution in [0.2, 0.25) is 0 Å². The van der Waals surface area contributed by atoms with Crippen molar-refractivity contribution in [1.29, 1.82) is 0 Å². The van der Waals surface area contributed by atoms with E-state index in [4.69, 9.17) is 19.4 Å². The number of aromatic nitrogens is 3. The fourth-order valence-corrected chi connectivity index (χ4v) is 3.90. The molecule has 0 bridgehead atoms. The number of hydrogen-bond donors (Lipinski definition) is 2. The van der Waals surface area contributed by atoms with Gasteiger partial charge in [0.25, 0.3) is 5.91 Å². The molecule has 2 aliphatic rings. The maximum Gasteiger partial charge on any atom is 0.490 e. The van der Waals surface area contributed by atoms with E-state index in [9.17, 15) is 18.0 Å². The van der Waals surface area contributed by atoms with Gasteiger partial charge in [0.2, 0.25) is 0 Å². The zero-order valence-electron chi connectivity index (χ0n) is 17.9. The number of likely N-dealkylation sites (tertiary alicyclic amines) is 1. The summed E-state index contributed by atoms with van der Waals surface area (Å²) in [4.78, 5) is 27.7. The molecule has 33 heavy (non-hydrogen) atoms. The minimum atomic E-state index is -5.08. The lowest BCUT2D eigenvalue weighted by Crippen LogP contribution is -2.31. The van der Waals surface area contributed by atoms with Gasteiger partial charge < -0.3 is 19.5 Å². The summed E-state index contributed by atoms with van der Waals surface area (Å²) >= 11 is 0. The van der Waals surface area contributed by atoms with Gasteiger partial charge in [0.15, 0.2) is 0 Å². The molecule has 0 spiro atoms. The van der Waals surface area contributed by atoms with Gasteiger partial charge in [0.05, 0.1) is 25.0 Å². The maximum atomic E-state index is 12.5. The summed E-state index contributed by atoms with van der Waals surface area (Å²) < 4.78 is 43.5. The molecule has 0 unspecified atom stereocenters. The SMILES string of the molecule is Cc1cccc(COCC[C@H]2CO[C@H]3CN(C(=O)c4ccn[nH]4)C[C@@H]23)n1.O=C(O)C(F)(F)F. The quantitative estimate of drug-likeness (QED) is 0.623. The van der Waals surface area contributed by atoms with E-state index < -0.39 is 12.1 Å². The number of amides is 1. The van der Waals surface area contributed by atoms with E-state index in [0.29, 0.717) is 37.3 Å². The Morgan fingerprint density at radius 2 is 2.06 bits per heavy atom. The lowest BCUT2D eigenvalue weighted by atomic mass is 9.91. The third-order valence-corrected chi connectivity index (χ3v) is 5.53. The molecular formula is C21H25F3N4O5. The third kappa shape index (κ3) is 6.75. The van der Waals surface area contributed by atoms with Crippen molar-refractivity contribution in [3.05, 3.63) is 47.5 Å². The van der Waals surface area contributed by atoms with Crippen LogP contribution in [-0.2, 0) is 20.9 Å². The van der Waals surface area contributed by atoms with E-state index in [1.165, 1.54) is 0 Å². The first kappa shape index (κ1) is 24.6. The van der Waals surface area contributed by atoms with Crippen molar-refractivity contribution in [2.45, 2.75) is 32.2 Å². The fraction of sp³-hybridized carbons (Fsp3) is 0.524. The van der Waals surface area contributed by atoms with Crippen molar-refractivity contribution in [1.82, 2.24) is 20.1 Å². The largest absolute Gasteiger partial charge is 0.490 e. The Kier molecular flexibility index (Phi) is 8.03. The van der Waals surface area contributed by atoms with Crippen LogP contribution in [0.5, 0.6) is 0 Å². The van der Waals surface area contributed by atoms with Gasteiger partial charge in [-0.05, 0) is 37.5 Å².